The molecule has 1 saturated heterocycles. The summed E-state index contributed by atoms with van der Waals surface area (Å²) >= 11 is 0. The van der Waals surface area contributed by atoms with Crippen LogP contribution in [0.4, 0.5) is 5.82 Å². The van der Waals surface area contributed by atoms with Crippen molar-refractivity contribution in [3.05, 3.63) is 23.9 Å². The number of likely N-dealkylation sites (N-methyl/N-ethyl adjacent to an activating group) is 1. The average molecular weight is 275 g/mol. The first-order valence-corrected chi connectivity index (χ1v) is 7.25. The Bertz CT molecular complexity index is 473. The summed E-state index contributed by atoms with van der Waals surface area (Å²) in [4.78, 5) is 20.6. The molecule has 1 atom stereocenters. The van der Waals surface area contributed by atoms with Gasteiger partial charge in [0.25, 0.3) is 0 Å². The van der Waals surface area contributed by atoms with Gasteiger partial charge in [-0.2, -0.15) is 0 Å². The Morgan fingerprint density at radius 2 is 2.05 bits per heavy atom. The maximum atomic E-state index is 12.2. The maximum Gasteiger partial charge on any atom is 0.244 e. The minimum absolute atomic E-state index is 0.0574. The van der Waals surface area contributed by atoms with Crippen LogP contribution in [0.1, 0.15) is 39.2 Å². The Morgan fingerprint density at radius 3 is 2.55 bits per heavy atom. The van der Waals surface area contributed by atoms with E-state index in [0.717, 1.165) is 25.2 Å². The molecule has 0 unspecified atom stereocenters. The standard InChI is InChI=1S/C16H25N3O/c1-16(2,3)12-8-9-14(17-11-12)19-10-6-7-13(19)15(20)18(4)5/h8-9,11,13H,6-7,10H2,1-5H3/t13-/m1/s1. The lowest BCUT2D eigenvalue weighted by Crippen LogP contribution is -2.43. The van der Waals surface area contributed by atoms with E-state index in [9.17, 15) is 4.79 Å². The molecule has 0 aromatic carbocycles. The number of pyridine rings is 1. The summed E-state index contributed by atoms with van der Waals surface area (Å²) in [7, 11) is 3.63. The van der Waals surface area contributed by atoms with Gasteiger partial charge in [-0.1, -0.05) is 26.8 Å². The molecule has 1 aliphatic heterocycles. The molecule has 110 valence electrons. The van der Waals surface area contributed by atoms with Crippen LogP contribution in [0.25, 0.3) is 0 Å². The van der Waals surface area contributed by atoms with E-state index in [2.05, 4.69) is 36.7 Å². The molecule has 4 nitrogen and oxygen atoms in total. The summed E-state index contributed by atoms with van der Waals surface area (Å²) in [5.41, 5.74) is 1.33. The fraction of sp³-hybridized carbons (Fsp3) is 0.625. The highest BCUT2D eigenvalue weighted by molar-refractivity contribution is 5.85. The van der Waals surface area contributed by atoms with Crippen LogP contribution in [-0.2, 0) is 10.2 Å². The van der Waals surface area contributed by atoms with Crippen LogP contribution in [0.3, 0.4) is 0 Å². The summed E-state index contributed by atoms with van der Waals surface area (Å²) in [5.74, 6) is 1.08. The van der Waals surface area contributed by atoms with Crippen LogP contribution in [0.15, 0.2) is 18.3 Å². The Balaban J connectivity index is 2.20. The largest absolute Gasteiger partial charge is 0.347 e. The Labute approximate surface area is 121 Å². The van der Waals surface area contributed by atoms with Crippen LogP contribution in [-0.4, -0.2) is 42.5 Å². The summed E-state index contributed by atoms with van der Waals surface area (Å²) in [6, 6.07) is 4.11. The zero-order valence-corrected chi connectivity index (χ0v) is 13.2. The number of nitrogens with zero attached hydrogens (tertiary/aromatic N) is 3. The van der Waals surface area contributed by atoms with Crippen molar-refractivity contribution in [2.45, 2.75) is 45.1 Å². The molecule has 0 saturated carbocycles. The van der Waals surface area contributed by atoms with E-state index in [4.69, 9.17) is 0 Å². The van der Waals surface area contributed by atoms with Gasteiger partial charge in [0.05, 0.1) is 0 Å². The molecule has 1 aliphatic rings. The number of hydrogen-bond acceptors (Lipinski definition) is 3. The lowest BCUT2D eigenvalue weighted by Gasteiger charge is -2.27. The van der Waals surface area contributed by atoms with Gasteiger partial charge in [-0.3, -0.25) is 4.79 Å². The average Bonchev–Trinajstić information content (AvgIpc) is 2.85. The zero-order valence-electron chi connectivity index (χ0n) is 13.2. The molecule has 0 N–H and O–H groups in total. The highest BCUT2D eigenvalue weighted by Gasteiger charge is 2.32. The molecule has 0 radical (unpaired) electrons. The topological polar surface area (TPSA) is 36.4 Å². The van der Waals surface area contributed by atoms with Gasteiger partial charge in [0.1, 0.15) is 11.9 Å². The molecule has 1 aromatic rings. The zero-order chi connectivity index (χ0) is 14.9. The van der Waals surface area contributed by atoms with Gasteiger partial charge >= 0.3 is 0 Å². The van der Waals surface area contributed by atoms with Crippen LogP contribution in [0.2, 0.25) is 0 Å². The number of hydrogen-bond donors (Lipinski definition) is 0. The van der Waals surface area contributed by atoms with E-state index in [-0.39, 0.29) is 17.4 Å². The SMILES string of the molecule is CN(C)C(=O)[C@H]1CCCN1c1ccc(C(C)(C)C)cn1. The van der Waals surface area contributed by atoms with Crippen molar-refractivity contribution < 1.29 is 4.79 Å². The molecule has 0 spiro atoms. The predicted octanol–water partition coefficient (Wildman–Crippen LogP) is 2.44. The van der Waals surface area contributed by atoms with Crippen LogP contribution in [0, 0.1) is 0 Å². The van der Waals surface area contributed by atoms with Gasteiger partial charge in [-0.15, -0.1) is 0 Å². The van der Waals surface area contributed by atoms with E-state index in [1.54, 1.807) is 4.90 Å². The third-order valence-corrected chi connectivity index (χ3v) is 3.89. The van der Waals surface area contributed by atoms with Crippen molar-refractivity contribution in [1.82, 2.24) is 9.88 Å². The number of aromatic nitrogens is 1. The molecule has 1 aromatic heterocycles. The first kappa shape index (κ1) is 14.8. The number of rotatable bonds is 2. The van der Waals surface area contributed by atoms with E-state index in [1.807, 2.05) is 26.4 Å². The molecule has 4 heteroatoms. The molecule has 2 heterocycles. The van der Waals surface area contributed by atoms with Crippen LogP contribution < -0.4 is 4.90 Å². The van der Waals surface area contributed by atoms with Crippen molar-refractivity contribution >= 4 is 11.7 Å². The smallest absolute Gasteiger partial charge is 0.244 e. The number of carbonyl (C=O) groups excluding carboxylic acids is 1. The lowest BCUT2D eigenvalue weighted by molar-refractivity contribution is -0.129. The highest BCUT2D eigenvalue weighted by atomic mass is 16.2. The number of carbonyl (C=O) groups is 1. The first-order valence-electron chi connectivity index (χ1n) is 7.25. The molecular weight excluding hydrogens is 250 g/mol. The molecular formula is C16H25N3O. The van der Waals surface area contributed by atoms with Crippen molar-refractivity contribution in [3.8, 4) is 0 Å². The van der Waals surface area contributed by atoms with E-state index >= 15 is 0 Å². The molecule has 0 bridgehead atoms. The second-order valence-electron chi connectivity index (χ2n) is 6.74. The van der Waals surface area contributed by atoms with E-state index in [0.29, 0.717) is 0 Å². The first-order chi connectivity index (χ1) is 9.30. The van der Waals surface area contributed by atoms with Crippen molar-refractivity contribution in [3.63, 3.8) is 0 Å². The summed E-state index contributed by atoms with van der Waals surface area (Å²) in [6.07, 6.45) is 3.90. The number of anilines is 1. The minimum atomic E-state index is -0.0574. The van der Waals surface area contributed by atoms with Crippen molar-refractivity contribution in [2.75, 3.05) is 25.5 Å². The van der Waals surface area contributed by atoms with Crippen LogP contribution >= 0.6 is 0 Å². The second kappa shape index (κ2) is 5.43. The Kier molecular flexibility index (Phi) is 4.02. The summed E-state index contributed by atoms with van der Waals surface area (Å²) in [6.45, 7) is 7.44. The normalized spacial score (nSPS) is 19.2. The van der Waals surface area contributed by atoms with Crippen molar-refractivity contribution in [1.29, 1.82) is 0 Å². The maximum absolute atomic E-state index is 12.2. The lowest BCUT2D eigenvalue weighted by atomic mass is 9.88. The van der Waals surface area contributed by atoms with Crippen LogP contribution in [0.5, 0.6) is 0 Å². The molecule has 1 fully saturated rings. The third-order valence-electron chi connectivity index (χ3n) is 3.89. The fourth-order valence-electron chi connectivity index (χ4n) is 2.60. The summed E-state index contributed by atoms with van der Waals surface area (Å²) in [5, 5.41) is 0. The Morgan fingerprint density at radius 1 is 1.35 bits per heavy atom. The second-order valence-corrected chi connectivity index (χ2v) is 6.74. The van der Waals surface area contributed by atoms with Gasteiger partial charge in [0.2, 0.25) is 5.91 Å². The molecule has 2 rings (SSSR count). The van der Waals surface area contributed by atoms with Gasteiger partial charge in [-0.25, -0.2) is 4.98 Å². The quantitative estimate of drug-likeness (QED) is 0.832. The monoisotopic (exact) mass is 275 g/mol. The minimum Gasteiger partial charge on any atom is -0.347 e. The molecule has 0 aliphatic carbocycles. The van der Waals surface area contributed by atoms with Gasteiger partial charge < -0.3 is 9.80 Å². The summed E-state index contributed by atoms with van der Waals surface area (Å²) < 4.78 is 0. The van der Waals surface area contributed by atoms with E-state index in [1.165, 1.54) is 5.56 Å². The molecule has 20 heavy (non-hydrogen) atoms. The van der Waals surface area contributed by atoms with Gasteiger partial charge in [0, 0.05) is 26.8 Å². The van der Waals surface area contributed by atoms with Gasteiger partial charge in [0.15, 0.2) is 0 Å². The Hall–Kier alpha value is -1.58. The van der Waals surface area contributed by atoms with Gasteiger partial charge in [-0.05, 0) is 29.9 Å². The predicted molar refractivity (Wildman–Crippen MR) is 82.0 cm³/mol. The fourth-order valence-corrected chi connectivity index (χ4v) is 2.60. The molecule has 1 amide bonds. The third kappa shape index (κ3) is 2.94. The van der Waals surface area contributed by atoms with Crippen molar-refractivity contribution in [2.24, 2.45) is 0 Å². The number of amides is 1. The van der Waals surface area contributed by atoms with E-state index < -0.39 is 0 Å². The highest BCUT2D eigenvalue weighted by Crippen LogP contribution is 2.27.